The van der Waals surface area contributed by atoms with Gasteiger partial charge in [0.25, 0.3) is 0 Å². The highest BCUT2D eigenvalue weighted by Gasteiger charge is 2.08. The zero-order chi connectivity index (χ0) is 15.7. The molecule has 0 aliphatic rings. The summed E-state index contributed by atoms with van der Waals surface area (Å²) in [7, 11) is 1.68. The zero-order valence-electron chi connectivity index (χ0n) is 13.7. The molecule has 0 amide bonds. The molecule has 0 saturated carbocycles. The van der Waals surface area contributed by atoms with E-state index in [1.807, 2.05) is 44.2 Å². The van der Waals surface area contributed by atoms with Gasteiger partial charge in [0, 0.05) is 0 Å². The van der Waals surface area contributed by atoms with E-state index < -0.39 is 0 Å². The Hall–Kier alpha value is -1.96. The van der Waals surface area contributed by atoms with Crippen molar-refractivity contribution >= 4 is 0 Å². The van der Waals surface area contributed by atoms with E-state index in [1.165, 1.54) is 5.56 Å². The molecule has 0 aromatic heterocycles. The second kappa shape index (κ2) is 9.06. The summed E-state index contributed by atoms with van der Waals surface area (Å²) < 4.78 is 11.2. The highest BCUT2D eigenvalue weighted by Crippen LogP contribution is 2.31. The number of methoxy groups -OCH3 is 1. The van der Waals surface area contributed by atoms with Crippen LogP contribution in [-0.4, -0.2) is 7.11 Å². The molecule has 0 fully saturated rings. The molecule has 0 aliphatic carbocycles. The number of hydrogen-bond acceptors (Lipinski definition) is 2. The molecule has 2 aromatic rings. The normalized spacial score (nSPS) is 9.81. The van der Waals surface area contributed by atoms with Crippen LogP contribution in [0.5, 0.6) is 11.5 Å². The van der Waals surface area contributed by atoms with E-state index in [0.717, 1.165) is 17.1 Å². The van der Waals surface area contributed by atoms with Gasteiger partial charge >= 0.3 is 0 Å². The Kier molecular flexibility index (Phi) is 7.38. The van der Waals surface area contributed by atoms with Gasteiger partial charge in [0.05, 0.1) is 7.11 Å². The van der Waals surface area contributed by atoms with Crippen molar-refractivity contribution in [3.63, 3.8) is 0 Å². The van der Waals surface area contributed by atoms with E-state index in [-0.39, 0.29) is 0 Å². The van der Waals surface area contributed by atoms with Crippen LogP contribution < -0.4 is 9.47 Å². The molecule has 2 nitrogen and oxygen atoms in total. The molecule has 114 valence electrons. The minimum absolute atomic E-state index is 0.483. The van der Waals surface area contributed by atoms with Crippen molar-refractivity contribution in [1.82, 2.24) is 0 Å². The zero-order valence-corrected chi connectivity index (χ0v) is 13.7. The first-order valence-corrected chi connectivity index (χ1v) is 7.55. The molecule has 0 N–H and O–H groups in total. The van der Waals surface area contributed by atoms with E-state index in [0.29, 0.717) is 12.5 Å². The van der Waals surface area contributed by atoms with Gasteiger partial charge in [-0.05, 0) is 29.2 Å². The first-order valence-electron chi connectivity index (χ1n) is 7.55. The molecule has 2 rings (SSSR count). The van der Waals surface area contributed by atoms with Crippen molar-refractivity contribution < 1.29 is 9.47 Å². The van der Waals surface area contributed by atoms with Crippen molar-refractivity contribution in [3.05, 3.63) is 59.7 Å². The third-order valence-corrected chi connectivity index (χ3v) is 3.09. The Labute approximate surface area is 128 Å². The summed E-state index contributed by atoms with van der Waals surface area (Å²) >= 11 is 0. The predicted octanol–water partition coefficient (Wildman–Crippen LogP) is 5.42. The second-order valence-corrected chi connectivity index (χ2v) is 4.84. The van der Waals surface area contributed by atoms with Crippen molar-refractivity contribution in [2.24, 2.45) is 0 Å². The maximum atomic E-state index is 5.82. The van der Waals surface area contributed by atoms with Crippen LogP contribution in [0.2, 0.25) is 0 Å². The summed E-state index contributed by atoms with van der Waals surface area (Å²) in [5.41, 5.74) is 2.40. The summed E-state index contributed by atoms with van der Waals surface area (Å²) in [6, 6.07) is 16.2. The fourth-order valence-electron chi connectivity index (χ4n) is 1.90. The summed E-state index contributed by atoms with van der Waals surface area (Å²) in [4.78, 5) is 0. The predicted molar refractivity (Wildman–Crippen MR) is 89.2 cm³/mol. The van der Waals surface area contributed by atoms with Gasteiger partial charge in [0.2, 0.25) is 0 Å². The van der Waals surface area contributed by atoms with Gasteiger partial charge in [0.15, 0.2) is 11.5 Å². The topological polar surface area (TPSA) is 18.5 Å². The monoisotopic (exact) mass is 286 g/mol. The fourth-order valence-corrected chi connectivity index (χ4v) is 1.90. The van der Waals surface area contributed by atoms with Crippen molar-refractivity contribution in [3.8, 4) is 11.5 Å². The van der Waals surface area contributed by atoms with Crippen molar-refractivity contribution in [2.75, 3.05) is 7.11 Å². The Morgan fingerprint density at radius 3 is 2.14 bits per heavy atom. The molecule has 0 radical (unpaired) electrons. The number of ether oxygens (including phenoxy) is 2. The van der Waals surface area contributed by atoms with Crippen LogP contribution in [-0.2, 0) is 6.61 Å². The van der Waals surface area contributed by atoms with Crippen LogP contribution in [0.1, 0.15) is 44.7 Å². The van der Waals surface area contributed by atoms with Crippen molar-refractivity contribution in [1.29, 1.82) is 0 Å². The van der Waals surface area contributed by atoms with E-state index in [2.05, 4.69) is 32.0 Å². The van der Waals surface area contributed by atoms with Crippen LogP contribution >= 0.6 is 0 Å². The SMILES string of the molecule is CC.COc1cc(C(C)C)ccc1OCc1ccccc1. The minimum atomic E-state index is 0.483. The van der Waals surface area contributed by atoms with Crippen LogP contribution in [0.3, 0.4) is 0 Å². The lowest BCUT2D eigenvalue weighted by Gasteiger charge is -2.13. The van der Waals surface area contributed by atoms with Crippen LogP contribution in [0, 0.1) is 0 Å². The Morgan fingerprint density at radius 1 is 0.905 bits per heavy atom. The van der Waals surface area contributed by atoms with Crippen molar-refractivity contribution in [2.45, 2.75) is 40.2 Å². The molecule has 0 saturated heterocycles. The van der Waals surface area contributed by atoms with Crippen LogP contribution in [0.4, 0.5) is 0 Å². The van der Waals surface area contributed by atoms with Gasteiger partial charge in [0.1, 0.15) is 6.61 Å². The van der Waals surface area contributed by atoms with E-state index in [1.54, 1.807) is 7.11 Å². The summed E-state index contributed by atoms with van der Waals surface area (Å²) in [5.74, 6) is 2.06. The maximum absolute atomic E-state index is 5.82. The maximum Gasteiger partial charge on any atom is 0.161 e. The molecule has 0 heterocycles. The first kappa shape index (κ1) is 17.1. The lowest BCUT2D eigenvalue weighted by molar-refractivity contribution is 0.284. The summed E-state index contributed by atoms with van der Waals surface area (Å²) in [6.45, 7) is 8.89. The molecule has 2 aromatic carbocycles. The quantitative estimate of drug-likeness (QED) is 0.730. The fraction of sp³-hybridized carbons (Fsp3) is 0.368. The molecular weight excluding hydrogens is 260 g/mol. The van der Waals surface area contributed by atoms with E-state index in [9.17, 15) is 0 Å². The number of hydrogen-bond donors (Lipinski definition) is 0. The number of benzene rings is 2. The molecule has 0 aliphatic heterocycles. The van der Waals surface area contributed by atoms with Gasteiger partial charge < -0.3 is 9.47 Å². The molecule has 21 heavy (non-hydrogen) atoms. The molecule has 0 unspecified atom stereocenters. The van der Waals surface area contributed by atoms with Crippen LogP contribution in [0.25, 0.3) is 0 Å². The largest absolute Gasteiger partial charge is 0.493 e. The molecule has 2 heteroatoms. The summed E-state index contributed by atoms with van der Waals surface area (Å²) in [5, 5.41) is 0. The third-order valence-electron chi connectivity index (χ3n) is 3.09. The molecule has 0 bridgehead atoms. The lowest BCUT2D eigenvalue weighted by atomic mass is 10.0. The highest BCUT2D eigenvalue weighted by molar-refractivity contribution is 5.43. The van der Waals surface area contributed by atoms with E-state index in [4.69, 9.17) is 9.47 Å². The smallest absolute Gasteiger partial charge is 0.161 e. The average Bonchev–Trinajstić information content (AvgIpc) is 2.55. The average molecular weight is 286 g/mol. The van der Waals surface area contributed by atoms with E-state index >= 15 is 0 Å². The molecule has 0 spiro atoms. The van der Waals surface area contributed by atoms with Crippen LogP contribution in [0.15, 0.2) is 48.5 Å². The minimum Gasteiger partial charge on any atom is -0.493 e. The van der Waals surface area contributed by atoms with Gasteiger partial charge in [-0.2, -0.15) is 0 Å². The van der Waals surface area contributed by atoms with Gasteiger partial charge in [-0.3, -0.25) is 0 Å². The second-order valence-electron chi connectivity index (χ2n) is 4.84. The lowest BCUT2D eigenvalue weighted by Crippen LogP contribution is -1.98. The standard InChI is InChI=1S/C17H20O2.C2H6/c1-13(2)15-9-10-16(17(11-15)18-3)19-12-14-7-5-4-6-8-14;1-2/h4-11,13H,12H2,1-3H3;1-2H3. The van der Waals surface area contributed by atoms with Gasteiger partial charge in [-0.1, -0.05) is 64.1 Å². The third kappa shape index (κ3) is 5.14. The Balaban J connectivity index is 0.00000106. The summed E-state index contributed by atoms with van der Waals surface area (Å²) in [6.07, 6.45) is 0. The highest BCUT2D eigenvalue weighted by atomic mass is 16.5. The Morgan fingerprint density at radius 2 is 1.57 bits per heavy atom. The number of rotatable bonds is 5. The first-order chi connectivity index (χ1) is 10.2. The Bertz CT molecular complexity index is 518. The molecular formula is C19H26O2. The van der Waals surface area contributed by atoms with Gasteiger partial charge in [-0.15, -0.1) is 0 Å². The molecule has 0 atom stereocenters. The van der Waals surface area contributed by atoms with Gasteiger partial charge in [-0.25, -0.2) is 0 Å².